The minimum atomic E-state index is -4.96. The number of rotatable bonds is 12. The number of amidine groups is 1. The first-order valence-electron chi connectivity index (χ1n) is 16.5. The van der Waals surface area contributed by atoms with Gasteiger partial charge in [0.2, 0.25) is 0 Å². The maximum absolute atomic E-state index is 15.6. The second-order valence-electron chi connectivity index (χ2n) is 13.5. The molecule has 1 fully saturated rings. The molecule has 52 heavy (non-hydrogen) atoms. The number of amides is 2. The summed E-state index contributed by atoms with van der Waals surface area (Å²) >= 11 is -1.62. The standard InChI is InChI=1S/C36H39F4N7O4S/c1-5-46(33(49)50)31(41)23-8-6-10-26(18-23)47-29(20-30(44-47)36(38,39)40)32(48)43-28-19-24(13-14-27(28)37)35(16-15-22-11-12-22,25-9-7-17-42-21-25)45-52(51)34(2,3)4/h6-10,13-14,17-22,41,45H,5,11-12,15-16H2,1-4H3,(H,43,48)(H,49,50)/t35-,52-/m1/s1. The predicted molar refractivity (Wildman–Crippen MR) is 188 cm³/mol. The van der Waals surface area contributed by atoms with E-state index >= 15 is 4.39 Å². The Morgan fingerprint density at radius 3 is 2.40 bits per heavy atom. The summed E-state index contributed by atoms with van der Waals surface area (Å²) in [6.45, 7) is 6.87. The zero-order chi connectivity index (χ0) is 38.0. The van der Waals surface area contributed by atoms with Crippen LogP contribution >= 0.6 is 0 Å². The van der Waals surface area contributed by atoms with Gasteiger partial charge in [0.25, 0.3) is 5.91 Å². The number of pyridine rings is 1. The van der Waals surface area contributed by atoms with Gasteiger partial charge in [-0.15, -0.1) is 4.72 Å². The largest absolute Gasteiger partial charge is 0.598 e. The van der Waals surface area contributed by atoms with Crippen LogP contribution in [0.15, 0.2) is 73.1 Å². The average molecular weight is 742 g/mol. The first kappa shape index (κ1) is 38.4. The smallest absolute Gasteiger partial charge is 0.435 e. The number of alkyl halides is 3. The van der Waals surface area contributed by atoms with Crippen molar-refractivity contribution in [3.05, 3.63) is 107 Å². The normalized spacial score (nSPS) is 15.1. The van der Waals surface area contributed by atoms with Crippen molar-refractivity contribution in [2.24, 2.45) is 5.92 Å². The van der Waals surface area contributed by atoms with Gasteiger partial charge in [-0.2, -0.15) is 18.3 Å². The number of benzene rings is 2. The Morgan fingerprint density at radius 1 is 1.08 bits per heavy atom. The molecule has 5 rings (SSSR count). The van der Waals surface area contributed by atoms with Crippen LogP contribution < -0.4 is 10.0 Å². The summed E-state index contributed by atoms with van der Waals surface area (Å²) < 4.78 is 74.4. The van der Waals surface area contributed by atoms with E-state index < -0.39 is 62.9 Å². The van der Waals surface area contributed by atoms with E-state index in [1.54, 1.807) is 18.5 Å². The summed E-state index contributed by atoms with van der Waals surface area (Å²) in [6, 6.07) is 13.4. The van der Waals surface area contributed by atoms with Crippen molar-refractivity contribution < 1.29 is 36.8 Å². The number of nitrogens with one attached hydrogen (secondary N) is 3. The van der Waals surface area contributed by atoms with Gasteiger partial charge in [0.1, 0.15) is 27.6 Å². The lowest BCUT2D eigenvalue weighted by Gasteiger charge is -2.38. The first-order valence-corrected chi connectivity index (χ1v) is 17.7. The van der Waals surface area contributed by atoms with Gasteiger partial charge in [-0.05, 0) is 87.9 Å². The molecule has 276 valence electrons. The van der Waals surface area contributed by atoms with Gasteiger partial charge < -0.3 is 15.0 Å². The van der Waals surface area contributed by atoms with Crippen LogP contribution in [0.2, 0.25) is 0 Å². The summed E-state index contributed by atoms with van der Waals surface area (Å²) in [6.07, 6.45) is 0.152. The second kappa shape index (κ2) is 15.0. The Hall–Kier alpha value is -4.80. The molecule has 0 bridgehead atoms. The number of carboxylic acid groups (broad SMARTS) is 1. The molecule has 2 atom stereocenters. The molecule has 2 aromatic heterocycles. The SMILES string of the molecule is CCN(C(=N)c1cccc(-n2nc(C(F)(F)F)cc2C(=O)Nc2cc([C@@](CCC3CC3)(N[S@+]([O-])C(C)(C)C)c3cccnc3)ccc2F)c1)C(=O)O. The lowest BCUT2D eigenvalue weighted by Crippen LogP contribution is -2.52. The van der Waals surface area contributed by atoms with Crippen molar-refractivity contribution in [2.75, 3.05) is 11.9 Å². The monoisotopic (exact) mass is 741 g/mol. The van der Waals surface area contributed by atoms with Crippen molar-refractivity contribution in [1.82, 2.24) is 24.4 Å². The number of carbonyl (C=O) groups excluding carboxylic acids is 1. The van der Waals surface area contributed by atoms with E-state index in [9.17, 15) is 32.4 Å². The summed E-state index contributed by atoms with van der Waals surface area (Å²) in [5.74, 6) is -1.98. The highest BCUT2D eigenvalue weighted by molar-refractivity contribution is 7.90. The minimum absolute atomic E-state index is 0.0361. The van der Waals surface area contributed by atoms with Crippen LogP contribution in [0.5, 0.6) is 0 Å². The molecule has 1 aliphatic rings. The van der Waals surface area contributed by atoms with Crippen molar-refractivity contribution in [3.8, 4) is 5.69 Å². The van der Waals surface area contributed by atoms with E-state index in [1.807, 2.05) is 26.8 Å². The molecular formula is C36H39F4N7O4S. The lowest BCUT2D eigenvalue weighted by atomic mass is 9.80. The molecular weight excluding hydrogens is 702 g/mol. The fourth-order valence-corrected chi connectivity index (χ4v) is 6.62. The number of aromatic nitrogens is 3. The molecule has 0 aliphatic heterocycles. The molecule has 4 N–H and O–H groups in total. The third-order valence-electron chi connectivity index (χ3n) is 8.72. The van der Waals surface area contributed by atoms with E-state index in [0.717, 1.165) is 30.2 Å². The zero-order valence-corrected chi connectivity index (χ0v) is 29.7. The molecule has 2 heterocycles. The van der Waals surface area contributed by atoms with Crippen LogP contribution in [0.4, 0.5) is 28.0 Å². The van der Waals surface area contributed by atoms with Crippen molar-refractivity contribution >= 4 is 34.9 Å². The number of hydrogen-bond donors (Lipinski definition) is 4. The van der Waals surface area contributed by atoms with Crippen LogP contribution in [0, 0.1) is 17.1 Å². The van der Waals surface area contributed by atoms with Crippen LogP contribution in [0.25, 0.3) is 5.69 Å². The summed E-state index contributed by atoms with van der Waals surface area (Å²) in [5.41, 5.74) is -2.45. The summed E-state index contributed by atoms with van der Waals surface area (Å²) in [4.78, 5) is 30.5. The number of nitrogens with zero attached hydrogens (tertiary/aromatic N) is 4. The van der Waals surface area contributed by atoms with E-state index in [0.29, 0.717) is 34.2 Å². The third kappa shape index (κ3) is 8.45. The van der Waals surface area contributed by atoms with Crippen LogP contribution in [-0.4, -0.2) is 58.5 Å². The lowest BCUT2D eigenvalue weighted by molar-refractivity contribution is -0.141. The van der Waals surface area contributed by atoms with E-state index in [-0.39, 0.29) is 23.5 Å². The van der Waals surface area contributed by atoms with Crippen LogP contribution in [0.1, 0.15) is 86.3 Å². The van der Waals surface area contributed by atoms with Gasteiger partial charge in [0.05, 0.1) is 11.4 Å². The van der Waals surface area contributed by atoms with Gasteiger partial charge in [-0.25, -0.2) is 13.9 Å². The third-order valence-corrected chi connectivity index (χ3v) is 10.4. The highest BCUT2D eigenvalue weighted by Gasteiger charge is 2.44. The molecule has 16 heteroatoms. The van der Waals surface area contributed by atoms with Gasteiger partial charge in [-0.3, -0.25) is 20.1 Å². The highest BCUT2D eigenvalue weighted by Crippen LogP contribution is 2.43. The average Bonchev–Trinajstić information content (AvgIpc) is 3.81. The molecule has 1 aliphatic carbocycles. The van der Waals surface area contributed by atoms with Crippen LogP contribution in [0.3, 0.4) is 0 Å². The molecule has 0 radical (unpaired) electrons. The number of hydrogen-bond acceptors (Lipinski definition) is 7. The zero-order valence-electron chi connectivity index (χ0n) is 28.9. The topological polar surface area (TPSA) is 159 Å². The fraction of sp³-hybridized carbons (Fsp3) is 0.361. The van der Waals surface area contributed by atoms with Gasteiger partial charge in [-0.1, -0.05) is 37.1 Å². The first-order chi connectivity index (χ1) is 24.4. The van der Waals surface area contributed by atoms with Crippen molar-refractivity contribution in [2.45, 2.75) is 69.8 Å². The maximum Gasteiger partial charge on any atom is 0.435 e. The molecule has 0 unspecified atom stereocenters. The number of halogens is 4. The van der Waals surface area contributed by atoms with E-state index in [2.05, 4.69) is 20.1 Å². The Kier molecular flexibility index (Phi) is 11.1. The molecule has 2 amide bonds. The Balaban J connectivity index is 1.58. The molecule has 1 saturated carbocycles. The second-order valence-corrected chi connectivity index (χ2v) is 15.5. The Morgan fingerprint density at radius 2 is 1.81 bits per heavy atom. The minimum Gasteiger partial charge on any atom is -0.598 e. The molecule has 2 aromatic carbocycles. The van der Waals surface area contributed by atoms with Gasteiger partial charge in [0, 0.05) is 41.9 Å². The Labute approximate surface area is 301 Å². The number of anilines is 1. The van der Waals surface area contributed by atoms with Gasteiger partial charge in [0.15, 0.2) is 5.69 Å². The number of carbonyl (C=O) groups is 2. The van der Waals surface area contributed by atoms with Gasteiger partial charge >= 0.3 is 12.3 Å². The van der Waals surface area contributed by atoms with Crippen molar-refractivity contribution in [3.63, 3.8) is 0 Å². The molecule has 4 aromatic rings. The summed E-state index contributed by atoms with van der Waals surface area (Å²) in [7, 11) is 0. The van der Waals surface area contributed by atoms with E-state index in [4.69, 9.17) is 5.41 Å². The highest BCUT2D eigenvalue weighted by atomic mass is 32.2. The molecule has 0 saturated heterocycles. The Bertz CT molecular complexity index is 1950. The maximum atomic E-state index is 15.6. The van der Waals surface area contributed by atoms with E-state index in [1.165, 1.54) is 43.3 Å². The van der Waals surface area contributed by atoms with Crippen molar-refractivity contribution in [1.29, 1.82) is 5.41 Å². The quantitative estimate of drug-likeness (QED) is 0.0507. The summed E-state index contributed by atoms with van der Waals surface area (Å²) in [5, 5.41) is 23.9. The predicted octanol–water partition coefficient (Wildman–Crippen LogP) is 7.49. The fourth-order valence-electron chi connectivity index (χ4n) is 5.66. The molecule has 0 spiro atoms. The van der Waals surface area contributed by atoms with Crippen LogP contribution in [-0.2, 0) is 23.1 Å². The molecule has 11 nitrogen and oxygen atoms in total.